The molecule has 0 aliphatic rings. The molecular weight excluding hydrogens is 400 g/mol. The smallest absolute Gasteiger partial charge is 0.247 e. The zero-order valence-electron chi connectivity index (χ0n) is 18.7. The predicted octanol–water partition coefficient (Wildman–Crippen LogP) is 4.80. The zero-order chi connectivity index (χ0) is 22.8. The molecule has 5 heteroatoms. The van der Waals surface area contributed by atoms with E-state index in [2.05, 4.69) is 0 Å². The molecule has 166 valence electrons. The Morgan fingerprint density at radius 3 is 2.25 bits per heavy atom. The molecule has 5 nitrogen and oxygen atoms in total. The summed E-state index contributed by atoms with van der Waals surface area (Å²) in [4.78, 5) is 29.5. The van der Waals surface area contributed by atoms with E-state index in [4.69, 9.17) is 4.42 Å². The van der Waals surface area contributed by atoms with Gasteiger partial charge in [-0.1, -0.05) is 60.7 Å². The van der Waals surface area contributed by atoms with Gasteiger partial charge in [-0.25, -0.2) is 0 Å². The number of hydrogen-bond donors (Lipinski definition) is 0. The third-order valence-corrected chi connectivity index (χ3v) is 5.22. The minimum Gasteiger partial charge on any atom is -0.467 e. The van der Waals surface area contributed by atoms with Gasteiger partial charge >= 0.3 is 0 Å². The highest BCUT2D eigenvalue weighted by Gasteiger charge is 2.23. The van der Waals surface area contributed by atoms with Gasteiger partial charge in [0, 0.05) is 18.7 Å². The summed E-state index contributed by atoms with van der Waals surface area (Å²) in [6, 6.07) is 23.3. The van der Waals surface area contributed by atoms with Crippen molar-refractivity contribution in [1.82, 2.24) is 9.80 Å². The lowest BCUT2D eigenvalue weighted by atomic mass is 10.1. The molecule has 3 aromatic rings. The van der Waals surface area contributed by atoms with Crippen LogP contribution in [0.25, 0.3) is 6.08 Å². The zero-order valence-corrected chi connectivity index (χ0v) is 18.7. The molecule has 0 aliphatic heterocycles. The molecule has 1 heterocycles. The topological polar surface area (TPSA) is 53.8 Å². The van der Waals surface area contributed by atoms with E-state index < -0.39 is 0 Å². The van der Waals surface area contributed by atoms with Crippen molar-refractivity contribution in [1.29, 1.82) is 0 Å². The van der Waals surface area contributed by atoms with Crippen molar-refractivity contribution >= 4 is 17.9 Å². The van der Waals surface area contributed by atoms with E-state index in [1.807, 2.05) is 86.6 Å². The molecule has 0 saturated heterocycles. The molecule has 2 amide bonds. The Kier molecular flexibility index (Phi) is 8.44. The maximum atomic E-state index is 13.3. The maximum Gasteiger partial charge on any atom is 0.247 e. The van der Waals surface area contributed by atoms with Crippen LogP contribution < -0.4 is 0 Å². The normalized spacial score (nSPS) is 11.1. The lowest BCUT2D eigenvalue weighted by Crippen LogP contribution is -2.45. The largest absolute Gasteiger partial charge is 0.467 e. The van der Waals surface area contributed by atoms with E-state index in [1.165, 1.54) is 6.08 Å². The summed E-state index contributed by atoms with van der Waals surface area (Å²) in [6.07, 6.45) is 5.64. The predicted molar refractivity (Wildman–Crippen MR) is 127 cm³/mol. The summed E-state index contributed by atoms with van der Waals surface area (Å²) in [5.74, 6) is 0.434. The van der Waals surface area contributed by atoms with Gasteiger partial charge in [0.2, 0.25) is 11.8 Å². The molecule has 32 heavy (non-hydrogen) atoms. The van der Waals surface area contributed by atoms with Crippen molar-refractivity contribution in [3.63, 3.8) is 0 Å². The first-order chi connectivity index (χ1) is 15.5. The van der Waals surface area contributed by atoms with E-state index in [1.54, 1.807) is 22.1 Å². The first-order valence-corrected chi connectivity index (χ1v) is 10.9. The summed E-state index contributed by atoms with van der Waals surface area (Å²) in [7, 11) is 0. The number of nitrogens with zero attached hydrogens (tertiary/aromatic N) is 2. The van der Waals surface area contributed by atoms with Crippen LogP contribution in [-0.2, 0) is 22.6 Å². The summed E-state index contributed by atoms with van der Waals surface area (Å²) < 4.78 is 5.47. The molecule has 0 N–H and O–H groups in total. The van der Waals surface area contributed by atoms with Gasteiger partial charge < -0.3 is 14.2 Å². The van der Waals surface area contributed by atoms with Crippen LogP contribution in [0.1, 0.15) is 30.7 Å². The Morgan fingerprint density at radius 2 is 1.62 bits per heavy atom. The summed E-state index contributed by atoms with van der Waals surface area (Å²) in [5, 5.41) is 0. The Labute approximate surface area is 190 Å². The number of carbonyl (C=O) groups is 2. The van der Waals surface area contributed by atoms with Crippen molar-refractivity contribution in [2.24, 2.45) is 0 Å². The number of carbonyl (C=O) groups excluding carboxylic acids is 2. The number of furan rings is 1. The van der Waals surface area contributed by atoms with Crippen LogP contribution in [0.3, 0.4) is 0 Å². The fourth-order valence-corrected chi connectivity index (χ4v) is 3.38. The monoisotopic (exact) mass is 430 g/mol. The molecule has 0 saturated carbocycles. The second-order valence-corrected chi connectivity index (χ2v) is 7.93. The Hall–Kier alpha value is -3.60. The minimum absolute atomic E-state index is 0.0190. The lowest BCUT2D eigenvalue weighted by molar-refractivity contribution is -0.140. The second-order valence-electron chi connectivity index (χ2n) is 7.93. The van der Waals surface area contributed by atoms with E-state index in [-0.39, 0.29) is 24.4 Å². The highest BCUT2D eigenvalue weighted by molar-refractivity contribution is 5.94. The average Bonchev–Trinajstić information content (AvgIpc) is 3.33. The maximum absolute atomic E-state index is 13.3. The van der Waals surface area contributed by atoms with Crippen LogP contribution in [0, 0.1) is 0 Å². The average molecular weight is 431 g/mol. The van der Waals surface area contributed by atoms with E-state index in [9.17, 15) is 9.59 Å². The molecule has 2 aromatic carbocycles. The first kappa shape index (κ1) is 23.1. The van der Waals surface area contributed by atoms with Gasteiger partial charge in [-0.15, -0.1) is 0 Å². The molecule has 0 spiro atoms. The van der Waals surface area contributed by atoms with Crippen LogP contribution in [0.4, 0.5) is 0 Å². The molecule has 0 aliphatic carbocycles. The van der Waals surface area contributed by atoms with Gasteiger partial charge in [-0.2, -0.15) is 0 Å². The Bertz CT molecular complexity index is 996. The van der Waals surface area contributed by atoms with Crippen molar-refractivity contribution in [3.8, 4) is 0 Å². The van der Waals surface area contributed by atoms with Crippen molar-refractivity contribution < 1.29 is 14.0 Å². The molecule has 0 radical (unpaired) electrons. The molecule has 0 bridgehead atoms. The second kappa shape index (κ2) is 11.7. The Balaban J connectivity index is 1.69. The van der Waals surface area contributed by atoms with Gasteiger partial charge in [0.25, 0.3) is 0 Å². The molecular formula is C27H30N2O3. The molecule has 1 aromatic heterocycles. The lowest BCUT2D eigenvalue weighted by Gasteiger charge is -2.29. The summed E-state index contributed by atoms with van der Waals surface area (Å²) in [5.41, 5.74) is 2.10. The number of hydrogen-bond acceptors (Lipinski definition) is 3. The van der Waals surface area contributed by atoms with Crippen LogP contribution in [-0.4, -0.2) is 40.7 Å². The highest BCUT2D eigenvalue weighted by atomic mass is 16.3. The van der Waals surface area contributed by atoms with Gasteiger partial charge in [0.1, 0.15) is 12.3 Å². The standard InChI is InChI=1S/C27H30N2O3/c1-22(2)29(26(30)16-15-23-10-5-3-6-11-23)21-27(31)28(20-25-14-9-19-32-25)18-17-24-12-7-4-8-13-24/h3-16,19,22H,17-18,20-21H2,1-2H3/b16-15+. The Morgan fingerprint density at radius 1 is 0.938 bits per heavy atom. The number of rotatable bonds is 10. The molecule has 0 fully saturated rings. The summed E-state index contributed by atoms with van der Waals surface area (Å²) >= 11 is 0. The van der Waals surface area contributed by atoms with Crippen LogP contribution in [0.15, 0.2) is 89.6 Å². The fourth-order valence-electron chi connectivity index (χ4n) is 3.38. The quantitative estimate of drug-likeness (QED) is 0.434. The fraction of sp³-hybridized carbons (Fsp3) is 0.259. The van der Waals surface area contributed by atoms with E-state index in [0.717, 1.165) is 23.3 Å². The van der Waals surface area contributed by atoms with E-state index >= 15 is 0 Å². The van der Waals surface area contributed by atoms with Gasteiger partial charge in [0.15, 0.2) is 0 Å². The third kappa shape index (κ3) is 6.98. The minimum atomic E-state index is -0.182. The van der Waals surface area contributed by atoms with Crippen LogP contribution >= 0.6 is 0 Å². The van der Waals surface area contributed by atoms with Gasteiger partial charge in [-0.3, -0.25) is 9.59 Å². The molecule has 0 atom stereocenters. The molecule has 3 rings (SSSR count). The van der Waals surface area contributed by atoms with Crippen molar-refractivity contribution in [2.45, 2.75) is 32.9 Å². The van der Waals surface area contributed by atoms with E-state index in [0.29, 0.717) is 13.1 Å². The van der Waals surface area contributed by atoms with Crippen molar-refractivity contribution in [3.05, 3.63) is 102 Å². The third-order valence-electron chi connectivity index (χ3n) is 5.22. The molecule has 0 unspecified atom stereocenters. The van der Waals surface area contributed by atoms with Crippen LogP contribution in [0.2, 0.25) is 0 Å². The SMILES string of the molecule is CC(C)N(CC(=O)N(CCc1ccccc1)Cc1ccco1)C(=O)/C=C/c1ccccc1. The number of benzene rings is 2. The highest BCUT2D eigenvalue weighted by Crippen LogP contribution is 2.11. The number of amides is 2. The first-order valence-electron chi connectivity index (χ1n) is 10.9. The van der Waals surface area contributed by atoms with Crippen molar-refractivity contribution in [2.75, 3.05) is 13.1 Å². The van der Waals surface area contributed by atoms with Gasteiger partial charge in [0.05, 0.1) is 12.8 Å². The van der Waals surface area contributed by atoms with Gasteiger partial charge in [-0.05, 0) is 49.6 Å². The summed E-state index contributed by atoms with van der Waals surface area (Å²) in [6.45, 7) is 4.78. The van der Waals surface area contributed by atoms with Crippen LogP contribution in [0.5, 0.6) is 0 Å².